The molecule has 22 heavy (non-hydrogen) atoms. The first-order valence-corrected chi connectivity index (χ1v) is 7.67. The highest BCUT2D eigenvalue weighted by Gasteiger charge is 2.31. The molecule has 3 N–H and O–H groups in total. The summed E-state index contributed by atoms with van der Waals surface area (Å²) in [6.07, 6.45) is 1.66. The van der Waals surface area contributed by atoms with Gasteiger partial charge >= 0.3 is 0 Å². The third-order valence-corrected chi connectivity index (χ3v) is 5.02. The maximum Gasteiger partial charge on any atom is 0.249 e. The van der Waals surface area contributed by atoms with Crippen molar-refractivity contribution in [2.24, 2.45) is 5.73 Å². The lowest BCUT2D eigenvalue weighted by molar-refractivity contribution is 0.0999. The molecule has 2 aliphatic rings. The van der Waals surface area contributed by atoms with Gasteiger partial charge in [-0.15, -0.1) is 0 Å². The molecule has 1 saturated heterocycles. The molecule has 118 valence electrons. The van der Waals surface area contributed by atoms with Crippen LogP contribution >= 0.6 is 0 Å². The third kappa shape index (κ3) is 2.20. The van der Waals surface area contributed by atoms with Gasteiger partial charge < -0.3 is 16.0 Å². The Kier molecular flexibility index (Phi) is 3.68. The first-order chi connectivity index (χ1) is 10.4. The second kappa shape index (κ2) is 5.39. The molecule has 1 aliphatic carbocycles. The van der Waals surface area contributed by atoms with E-state index in [1.165, 1.54) is 11.6 Å². The van der Waals surface area contributed by atoms with Crippen molar-refractivity contribution in [2.75, 3.05) is 25.0 Å². The van der Waals surface area contributed by atoms with E-state index < -0.39 is 5.91 Å². The molecule has 0 bridgehead atoms. The number of likely N-dealkylation sites (N-methyl/N-ethyl adjacent to an activating group) is 1. The molecule has 0 unspecified atom stereocenters. The van der Waals surface area contributed by atoms with E-state index in [-0.39, 0.29) is 11.9 Å². The van der Waals surface area contributed by atoms with Gasteiger partial charge in [-0.3, -0.25) is 4.79 Å². The number of primary amides is 1. The van der Waals surface area contributed by atoms with Gasteiger partial charge in [0.2, 0.25) is 5.91 Å². The zero-order valence-corrected chi connectivity index (χ0v) is 13.3. The zero-order chi connectivity index (χ0) is 16.0. The number of benzene rings is 1. The molecule has 1 aromatic carbocycles. The smallest absolute Gasteiger partial charge is 0.249 e. The molecule has 3 rings (SSSR count). The number of hydrogen-bond donors (Lipinski definition) is 2. The van der Waals surface area contributed by atoms with Crippen molar-refractivity contribution in [3.05, 3.63) is 34.1 Å². The van der Waals surface area contributed by atoms with Crippen molar-refractivity contribution in [3.63, 3.8) is 0 Å². The van der Waals surface area contributed by atoms with Crippen LogP contribution in [0.15, 0.2) is 11.6 Å². The van der Waals surface area contributed by atoms with Crippen molar-refractivity contribution < 1.29 is 9.18 Å². The predicted octanol–water partition coefficient (Wildman–Crippen LogP) is 2.07. The minimum Gasteiger partial charge on any atom is -0.367 e. The fraction of sp³-hybridized carbons (Fsp3) is 0.471. The van der Waals surface area contributed by atoms with Crippen LogP contribution in [0.5, 0.6) is 0 Å². The van der Waals surface area contributed by atoms with Gasteiger partial charge in [-0.2, -0.15) is 0 Å². The van der Waals surface area contributed by atoms with Gasteiger partial charge in [-0.25, -0.2) is 4.39 Å². The number of carbonyl (C=O) groups excluding carboxylic acids is 1. The van der Waals surface area contributed by atoms with Crippen LogP contribution in [0.2, 0.25) is 0 Å². The maximum atomic E-state index is 14.8. The highest BCUT2D eigenvalue weighted by molar-refractivity contribution is 5.99. The standard InChI is InChI=1S/C17H22FN3O/c1-9-6-12-13(17(19)22)7-14(18)16(15(12)10(9)2)21(3)11-4-5-20-8-11/h7,11,20H,4-6,8H2,1-3H3,(H2,19,22)/t11-/m0/s1. The molecule has 1 heterocycles. The Hall–Kier alpha value is -1.88. The molecule has 4 nitrogen and oxygen atoms in total. The predicted molar refractivity (Wildman–Crippen MR) is 86.6 cm³/mol. The molecular weight excluding hydrogens is 281 g/mol. The summed E-state index contributed by atoms with van der Waals surface area (Å²) in [5.74, 6) is -0.926. The quantitative estimate of drug-likeness (QED) is 0.899. The number of amides is 1. The fourth-order valence-corrected chi connectivity index (χ4v) is 3.60. The van der Waals surface area contributed by atoms with Gasteiger partial charge in [0.25, 0.3) is 0 Å². The molecule has 1 fully saturated rings. The van der Waals surface area contributed by atoms with Crippen molar-refractivity contribution in [2.45, 2.75) is 32.7 Å². The molecular formula is C17H22FN3O. The number of nitrogens with one attached hydrogen (secondary N) is 1. The summed E-state index contributed by atoms with van der Waals surface area (Å²) in [5, 5.41) is 3.31. The average molecular weight is 303 g/mol. The Morgan fingerprint density at radius 1 is 1.45 bits per heavy atom. The molecule has 0 saturated carbocycles. The molecule has 1 aliphatic heterocycles. The monoisotopic (exact) mass is 303 g/mol. The van der Waals surface area contributed by atoms with E-state index in [4.69, 9.17) is 5.73 Å². The lowest BCUT2D eigenvalue weighted by atomic mass is 9.96. The number of anilines is 1. The summed E-state index contributed by atoms with van der Waals surface area (Å²) in [4.78, 5) is 13.7. The minimum atomic E-state index is -0.561. The average Bonchev–Trinajstić information content (AvgIpc) is 3.08. The van der Waals surface area contributed by atoms with E-state index in [1.807, 2.05) is 25.8 Å². The number of carbonyl (C=O) groups is 1. The normalized spacial score (nSPS) is 20.5. The first-order valence-electron chi connectivity index (χ1n) is 7.67. The molecule has 1 amide bonds. The first kappa shape index (κ1) is 15.0. The lowest BCUT2D eigenvalue weighted by Gasteiger charge is -2.29. The van der Waals surface area contributed by atoms with Crippen LogP contribution in [0.3, 0.4) is 0 Å². The largest absolute Gasteiger partial charge is 0.367 e. The maximum absolute atomic E-state index is 14.8. The van der Waals surface area contributed by atoms with Gasteiger partial charge in [0, 0.05) is 30.8 Å². The van der Waals surface area contributed by atoms with Crippen molar-refractivity contribution >= 4 is 17.2 Å². The summed E-state index contributed by atoms with van der Waals surface area (Å²) < 4.78 is 14.8. The minimum absolute atomic E-state index is 0.270. The number of nitrogens with zero attached hydrogens (tertiary/aromatic N) is 1. The topological polar surface area (TPSA) is 58.4 Å². The van der Waals surface area contributed by atoms with Crippen LogP contribution in [0.4, 0.5) is 10.1 Å². The Bertz CT molecular complexity index is 675. The molecule has 0 aromatic heterocycles. The number of hydrogen-bond acceptors (Lipinski definition) is 3. The highest BCUT2D eigenvalue weighted by atomic mass is 19.1. The number of nitrogens with two attached hydrogens (primary N) is 1. The summed E-state index contributed by atoms with van der Waals surface area (Å²) in [6.45, 7) is 5.82. The number of allylic oxidation sites excluding steroid dienone is 2. The van der Waals surface area contributed by atoms with Gasteiger partial charge in [0.1, 0.15) is 5.82 Å². The Morgan fingerprint density at radius 2 is 2.18 bits per heavy atom. The van der Waals surface area contributed by atoms with E-state index in [1.54, 1.807) is 0 Å². The SMILES string of the molecule is CC1=C(C)c2c(c(C(N)=O)cc(F)c2N(C)[C@H]2CCNC2)C1. The van der Waals surface area contributed by atoms with Crippen molar-refractivity contribution in [1.29, 1.82) is 0 Å². The van der Waals surface area contributed by atoms with Gasteiger partial charge in [-0.05, 0) is 50.4 Å². The van der Waals surface area contributed by atoms with Crippen LogP contribution in [-0.4, -0.2) is 32.1 Å². The van der Waals surface area contributed by atoms with Crippen LogP contribution in [0.25, 0.3) is 5.57 Å². The van der Waals surface area contributed by atoms with E-state index in [9.17, 15) is 9.18 Å². The summed E-state index contributed by atoms with van der Waals surface area (Å²) in [5.41, 5.74) is 10.3. The highest BCUT2D eigenvalue weighted by Crippen LogP contribution is 2.42. The van der Waals surface area contributed by atoms with Gasteiger partial charge in [0.05, 0.1) is 5.69 Å². The van der Waals surface area contributed by atoms with Crippen LogP contribution in [0.1, 0.15) is 41.8 Å². The van der Waals surface area contributed by atoms with Crippen molar-refractivity contribution in [1.82, 2.24) is 5.32 Å². The third-order valence-electron chi connectivity index (χ3n) is 5.02. The van der Waals surface area contributed by atoms with Crippen molar-refractivity contribution in [3.8, 4) is 0 Å². The Morgan fingerprint density at radius 3 is 2.77 bits per heavy atom. The fourth-order valence-electron chi connectivity index (χ4n) is 3.60. The van der Waals surface area contributed by atoms with Gasteiger partial charge in [0.15, 0.2) is 0 Å². The van der Waals surface area contributed by atoms with E-state index in [0.29, 0.717) is 17.7 Å². The number of halogens is 1. The van der Waals surface area contributed by atoms with E-state index in [0.717, 1.165) is 36.2 Å². The second-order valence-corrected chi connectivity index (χ2v) is 6.31. The van der Waals surface area contributed by atoms with E-state index >= 15 is 0 Å². The summed E-state index contributed by atoms with van der Waals surface area (Å²) >= 11 is 0. The number of rotatable bonds is 3. The molecule has 5 heteroatoms. The van der Waals surface area contributed by atoms with Crippen LogP contribution < -0.4 is 16.0 Å². The molecule has 1 atom stereocenters. The zero-order valence-electron chi connectivity index (χ0n) is 13.3. The molecule has 0 spiro atoms. The molecule has 1 aromatic rings. The van der Waals surface area contributed by atoms with Gasteiger partial charge in [-0.1, -0.05) is 5.57 Å². The molecule has 0 radical (unpaired) electrons. The Labute approximate surface area is 130 Å². The number of fused-ring (bicyclic) bond motifs is 1. The lowest BCUT2D eigenvalue weighted by Crippen LogP contribution is -2.35. The van der Waals surface area contributed by atoms with Crippen LogP contribution in [0, 0.1) is 5.82 Å². The second-order valence-electron chi connectivity index (χ2n) is 6.31. The van der Waals surface area contributed by atoms with Crippen LogP contribution in [-0.2, 0) is 6.42 Å². The Balaban J connectivity index is 2.18. The van der Waals surface area contributed by atoms with E-state index in [2.05, 4.69) is 5.32 Å². The summed E-state index contributed by atoms with van der Waals surface area (Å²) in [6, 6.07) is 1.58. The summed E-state index contributed by atoms with van der Waals surface area (Å²) in [7, 11) is 1.93.